The van der Waals surface area contributed by atoms with E-state index in [4.69, 9.17) is 0 Å². The molecule has 4 nitrogen and oxygen atoms in total. The highest BCUT2D eigenvalue weighted by molar-refractivity contribution is 5.82. The topological polar surface area (TPSA) is 44.7 Å². The normalized spacial score (nSPS) is 16.1. The first-order valence-electron chi connectivity index (χ1n) is 7.74. The molecule has 0 atom stereocenters. The van der Waals surface area contributed by atoms with Crippen molar-refractivity contribution in [3.8, 4) is 0 Å². The van der Waals surface area contributed by atoms with Crippen molar-refractivity contribution in [2.45, 2.75) is 38.5 Å². The van der Waals surface area contributed by atoms with Gasteiger partial charge in [0, 0.05) is 26.2 Å². The minimum Gasteiger partial charge on any atom is -0.378 e. The minimum absolute atomic E-state index is 0.0306. The number of amides is 1. The Morgan fingerprint density at radius 2 is 1.90 bits per heavy atom. The number of carbonyl (C=O) groups is 1. The molecule has 1 aliphatic carbocycles. The Balaban J connectivity index is 1.77. The van der Waals surface area contributed by atoms with Crippen LogP contribution in [0.15, 0.2) is 29.4 Å². The second-order valence-electron chi connectivity index (χ2n) is 5.99. The molecule has 0 saturated heterocycles. The highest BCUT2D eigenvalue weighted by Crippen LogP contribution is 2.25. The molecular formula is C17H25N3O. The van der Waals surface area contributed by atoms with Gasteiger partial charge in [-0.15, -0.1) is 0 Å². The Labute approximate surface area is 127 Å². The zero-order valence-electron chi connectivity index (χ0n) is 13.0. The van der Waals surface area contributed by atoms with Crippen LogP contribution in [0.25, 0.3) is 0 Å². The lowest BCUT2D eigenvalue weighted by Crippen LogP contribution is -2.22. The summed E-state index contributed by atoms with van der Waals surface area (Å²) in [5.74, 6) is 0.580. The van der Waals surface area contributed by atoms with E-state index in [0.29, 0.717) is 12.3 Å². The molecule has 1 aromatic carbocycles. The van der Waals surface area contributed by atoms with Crippen LogP contribution >= 0.6 is 0 Å². The summed E-state index contributed by atoms with van der Waals surface area (Å²) in [6, 6.07) is 8.05. The first-order valence-corrected chi connectivity index (χ1v) is 7.74. The maximum absolute atomic E-state index is 11.8. The monoisotopic (exact) mass is 287 g/mol. The van der Waals surface area contributed by atoms with Gasteiger partial charge in [-0.05, 0) is 36.5 Å². The van der Waals surface area contributed by atoms with Gasteiger partial charge in [0.1, 0.15) is 0 Å². The first kappa shape index (κ1) is 15.5. The SMILES string of the molecule is CN(C)c1ccc(/C=N/NC(=O)CC2CCCCC2)cc1. The third-order valence-corrected chi connectivity index (χ3v) is 4.01. The van der Waals surface area contributed by atoms with Crippen LogP contribution in [0.4, 0.5) is 5.69 Å². The molecule has 0 heterocycles. The Bertz CT molecular complexity index is 473. The third kappa shape index (κ3) is 5.21. The van der Waals surface area contributed by atoms with E-state index in [9.17, 15) is 4.79 Å². The van der Waals surface area contributed by atoms with Crippen LogP contribution in [-0.4, -0.2) is 26.2 Å². The number of carbonyl (C=O) groups excluding carboxylic acids is 1. The van der Waals surface area contributed by atoms with E-state index in [2.05, 4.69) is 10.5 Å². The summed E-state index contributed by atoms with van der Waals surface area (Å²) >= 11 is 0. The number of benzene rings is 1. The molecule has 114 valence electrons. The molecule has 0 aromatic heterocycles. The zero-order chi connectivity index (χ0) is 15.1. The average molecular weight is 287 g/mol. The lowest BCUT2D eigenvalue weighted by atomic mass is 9.87. The van der Waals surface area contributed by atoms with Gasteiger partial charge in [0.2, 0.25) is 5.91 Å². The number of anilines is 1. The highest BCUT2D eigenvalue weighted by atomic mass is 16.2. The van der Waals surface area contributed by atoms with E-state index in [1.165, 1.54) is 32.1 Å². The molecule has 0 radical (unpaired) electrons. The Kier molecular flexibility index (Phi) is 5.78. The number of rotatable bonds is 5. The average Bonchev–Trinajstić information content (AvgIpc) is 2.49. The smallest absolute Gasteiger partial charge is 0.240 e. The second-order valence-corrected chi connectivity index (χ2v) is 5.99. The van der Waals surface area contributed by atoms with Gasteiger partial charge in [0.05, 0.1) is 6.21 Å². The predicted molar refractivity (Wildman–Crippen MR) is 87.7 cm³/mol. The summed E-state index contributed by atoms with van der Waals surface area (Å²) in [7, 11) is 4.02. The fourth-order valence-corrected chi connectivity index (χ4v) is 2.74. The van der Waals surface area contributed by atoms with Gasteiger partial charge >= 0.3 is 0 Å². The van der Waals surface area contributed by atoms with E-state index in [1.807, 2.05) is 43.3 Å². The molecule has 2 rings (SSSR count). The van der Waals surface area contributed by atoms with Crippen LogP contribution in [0.5, 0.6) is 0 Å². The van der Waals surface area contributed by atoms with Gasteiger partial charge in [0.15, 0.2) is 0 Å². The van der Waals surface area contributed by atoms with Crippen molar-refractivity contribution in [2.75, 3.05) is 19.0 Å². The van der Waals surface area contributed by atoms with Crippen molar-refractivity contribution in [1.29, 1.82) is 0 Å². The van der Waals surface area contributed by atoms with Gasteiger partial charge in [-0.3, -0.25) is 4.79 Å². The third-order valence-electron chi connectivity index (χ3n) is 4.01. The molecule has 21 heavy (non-hydrogen) atoms. The van der Waals surface area contributed by atoms with Crippen molar-refractivity contribution in [1.82, 2.24) is 5.43 Å². The molecule has 0 aliphatic heterocycles. The van der Waals surface area contributed by atoms with Gasteiger partial charge in [0.25, 0.3) is 0 Å². The van der Waals surface area contributed by atoms with Gasteiger partial charge < -0.3 is 4.90 Å². The summed E-state index contributed by atoms with van der Waals surface area (Å²) in [5.41, 5.74) is 4.77. The molecule has 1 fully saturated rings. The molecule has 0 bridgehead atoms. The number of hydrogen-bond acceptors (Lipinski definition) is 3. The van der Waals surface area contributed by atoms with Crippen LogP contribution in [0.1, 0.15) is 44.1 Å². The van der Waals surface area contributed by atoms with E-state index < -0.39 is 0 Å². The number of hydrogen-bond donors (Lipinski definition) is 1. The van der Waals surface area contributed by atoms with Crippen LogP contribution in [0, 0.1) is 5.92 Å². The number of nitrogens with one attached hydrogen (secondary N) is 1. The largest absolute Gasteiger partial charge is 0.378 e. The highest BCUT2D eigenvalue weighted by Gasteiger charge is 2.16. The molecule has 1 amide bonds. The summed E-state index contributed by atoms with van der Waals surface area (Å²) < 4.78 is 0. The summed E-state index contributed by atoms with van der Waals surface area (Å²) in [6.45, 7) is 0. The van der Waals surface area contributed by atoms with Crippen molar-refractivity contribution >= 4 is 17.8 Å². The molecule has 1 saturated carbocycles. The van der Waals surface area contributed by atoms with Crippen molar-refractivity contribution < 1.29 is 4.79 Å². The Hall–Kier alpha value is -1.84. The van der Waals surface area contributed by atoms with Gasteiger partial charge in [-0.2, -0.15) is 5.10 Å². The predicted octanol–water partition coefficient (Wildman–Crippen LogP) is 3.17. The summed E-state index contributed by atoms with van der Waals surface area (Å²) in [6.07, 6.45) is 8.51. The molecule has 0 unspecified atom stereocenters. The fourth-order valence-electron chi connectivity index (χ4n) is 2.74. The lowest BCUT2D eigenvalue weighted by molar-refractivity contribution is -0.122. The van der Waals surface area contributed by atoms with Crippen LogP contribution in [0.2, 0.25) is 0 Å². The molecule has 4 heteroatoms. The van der Waals surface area contributed by atoms with Crippen molar-refractivity contribution in [3.63, 3.8) is 0 Å². The maximum atomic E-state index is 11.8. The van der Waals surface area contributed by atoms with Crippen molar-refractivity contribution in [2.24, 2.45) is 11.0 Å². The number of nitrogens with zero attached hydrogens (tertiary/aromatic N) is 2. The van der Waals surface area contributed by atoms with E-state index in [-0.39, 0.29) is 5.91 Å². The summed E-state index contributed by atoms with van der Waals surface area (Å²) in [5, 5.41) is 4.04. The first-order chi connectivity index (χ1) is 10.1. The minimum atomic E-state index is 0.0306. The Morgan fingerprint density at radius 3 is 2.52 bits per heavy atom. The second kappa shape index (κ2) is 7.81. The molecule has 1 N–H and O–H groups in total. The van der Waals surface area contributed by atoms with Crippen molar-refractivity contribution in [3.05, 3.63) is 29.8 Å². The molecule has 1 aliphatic rings. The standard InChI is InChI=1S/C17H25N3O/c1-20(2)16-10-8-15(9-11-16)13-18-19-17(21)12-14-6-4-3-5-7-14/h8-11,13-14H,3-7,12H2,1-2H3,(H,19,21)/b18-13+. The number of hydrazone groups is 1. The van der Waals surface area contributed by atoms with Gasteiger partial charge in [-0.25, -0.2) is 5.43 Å². The van der Waals surface area contributed by atoms with E-state index in [0.717, 1.165) is 11.3 Å². The van der Waals surface area contributed by atoms with E-state index >= 15 is 0 Å². The Morgan fingerprint density at radius 1 is 1.24 bits per heavy atom. The van der Waals surface area contributed by atoms with Crippen LogP contribution in [-0.2, 0) is 4.79 Å². The maximum Gasteiger partial charge on any atom is 0.240 e. The molecular weight excluding hydrogens is 262 g/mol. The lowest BCUT2D eigenvalue weighted by Gasteiger charge is -2.20. The fraction of sp³-hybridized carbons (Fsp3) is 0.529. The molecule has 1 aromatic rings. The molecule has 0 spiro atoms. The van der Waals surface area contributed by atoms with E-state index in [1.54, 1.807) is 6.21 Å². The quantitative estimate of drug-likeness (QED) is 0.668. The van der Waals surface area contributed by atoms with Crippen LogP contribution in [0.3, 0.4) is 0 Å². The summed E-state index contributed by atoms with van der Waals surface area (Å²) in [4.78, 5) is 13.9. The van der Waals surface area contributed by atoms with Crippen LogP contribution < -0.4 is 10.3 Å². The van der Waals surface area contributed by atoms with Gasteiger partial charge in [-0.1, -0.05) is 31.4 Å². The zero-order valence-corrected chi connectivity index (χ0v) is 13.0.